The van der Waals surface area contributed by atoms with Gasteiger partial charge in [-0.2, -0.15) is 0 Å². The van der Waals surface area contributed by atoms with Gasteiger partial charge in [0.15, 0.2) is 0 Å². The topological polar surface area (TPSA) is 17.8 Å². The molecular weight excluding hydrogens is 316 g/mol. The molecule has 1 aromatic carbocycles. The molecule has 0 bridgehead atoms. The molecular formula is C24H38N2. The van der Waals surface area contributed by atoms with Gasteiger partial charge in [0.1, 0.15) is 0 Å². The van der Waals surface area contributed by atoms with Gasteiger partial charge in [-0.25, -0.2) is 4.98 Å². The van der Waals surface area contributed by atoms with Crippen molar-refractivity contribution >= 4 is 0 Å². The smallest absolute Gasteiger partial charge is 0.0948 e. The largest absolute Gasteiger partial charge is 0.334 e. The predicted molar refractivity (Wildman–Crippen MR) is 112 cm³/mol. The molecule has 0 aliphatic heterocycles. The lowest BCUT2D eigenvalue weighted by molar-refractivity contribution is 0.276. The summed E-state index contributed by atoms with van der Waals surface area (Å²) < 4.78 is 2.38. The van der Waals surface area contributed by atoms with Crippen molar-refractivity contribution in [2.75, 3.05) is 0 Å². The molecule has 0 aliphatic carbocycles. The molecule has 1 aromatic heterocycles. The molecule has 2 heteroatoms. The molecule has 1 heterocycles. The SMILES string of the molecule is CCCCCCCC(Cc1ccccc1)C(CCCCC)n1ccnc1. The molecule has 2 atom stereocenters. The number of hydrogen-bond donors (Lipinski definition) is 0. The first kappa shape index (κ1) is 20.7. The van der Waals surface area contributed by atoms with Crippen LogP contribution in [0.1, 0.15) is 89.7 Å². The quantitative estimate of drug-likeness (QED) is 0.327. The van der Waals surface area contributed by atoms with Crippen LogP contribution in [0.25, 0.3) is 0 Å². The van der Waals surface area contributed by atoms with Gasteiger partial charge in [-0.1, -0.05) is 95.5 Å². The minimum absolute atomic E-state index is 0.579. The second kappa shape index (κ2) is 12.7. The number of unbranched alkanes of at least 4 members (excludes halogenated alkanes) is 6. The first-order chi connectivity index (χ1) is 12.8. The summed E-state index contributed by atoms with van der Waals surface area (Å²) in [5, 5.41) is 0. The monoisotopic (exact) mass is 354 g/mol. The van der Waals surface area contributed by atoms with E-state index in [1.807, 2.05) is 12.5 Å². The van der Waals surface area contributed by atoms with Crippen LogP contribution in [0.3, 0.4) is 0 Å². The Labute approximate surface area is 161 Å². The fourth-order valence-corrected chi connectivity index (χ4v) is 4.05. The van der Waals surface area contributed by atoms with Crippen molar-refractivity contribution in [3.63, 3.8) is 0 Å². The zero-order valence-corrected chi connectivity index (χ0v) is 16.9. The highest BCUT2D eigenvalue weighted by molar-refractivity contribution is 5.15. The third kappa shape index (κ3) is 7.35. The number of imidazole rings is 1. The molecule has 0 radical (unpaired) electrons. The van der Waals surface area contributed by atoms with Crippen LogP contribution in [-0.4, -0.2) is 9.55 Å². The van der Waals surface area contributed by atoms with Crippen molar-refractivity contribution in [2.45, 2.75) is 90.5 Å². The van der Waals surface area contributed by atoms with Crippen LogP contribution in [0.4, 0.5) is 0 Å². The molecule has 0 spiro atoms. The second-order valence-corrected chi connectivity index (χ2v) is 7.73. The minimum atomic E-state index is 0.579. The Kier molecular flexibility index (Phi) is 10.2. The number of rotatable bonds is 14. The molecule has 0 aliphatic rings. The van der Waals surface area contributed by atoms with E-state index in [0.29, 0.717) is 12.0 Å². The van der Waals surface area contributed by atoms with E-state index in [2.05, 4.69) is 59.9 Å². The van der Waals surface area contributed by atoms with E-state index in [4.69, 9.17) is 0 Å². The maximum atomic E-state index is 4.34. The molecule has 0 saturated carbocycles. The van der Waals surface area contributed by atoms with Crippen LogP contribution in [0.5, 0.6) is 0 Å². The molecule has 2 rings (SSSR count). The number of aromatic nitrogens is 2. The van der Waals surface area contributed by atoms with E-state index in [1.165, 1.54) is 76.2 Å². The van der Waals surface area contributed by atoms with E-state index < -0.39 is 0 Å². The van der Waals surface area contributed by atoms with Crippen molar-refractivity contribution in [1.29, 1.82) is 0 Å². The van der Waals surface area contributed by atoms with Crippen molar-refractivity contribution in [1.82, 2.24) is 9.55 Å². The van der Waals surface area contributed by atoms with Crippen molar-refractivity contribution in [2.24, 2.45) is 5.92 Å². The zero-order chi connectivity index (χ0) is 18.5. The summed E-state index contributed by atoms with van der Waals surface area (Å²) in [6.45, 7) is 4.59. The highest BCUT2D eigenvalue weighted by atomic mass is 15.1. The lowest BCUT2D eigenvalue weighted by atomic mass is 9.84. The maximum Gasteiger partial charge on any atom is 0.0948 e. The summed E-state index contributed by atoms with van der Waals surface area (Å²) >= 11 is 0. The second-order valence-electron chi connectivity index (χ2n) is 7.73. The van der Waals surface area contributed by atoms with Crippen LogP contribution in [0, 0.1) is 5.92 Å². The first-order valence-electron chi connectivity index (χ1n) is 10.9. The molecule has 0 fully saturated rings. The Balaban J connectivity index is 2.06. The third-order valence-corrected chi connectivity index (χ3v) is 5.57. The molecule has 0 saturated heterocycles. The Morgan fingerprint density at radius 2 is 1.54 bits per heavy atom. The predicted octanol–water partition coefficient (Wildman–Crippen LogP) is 7.22. The number of benzene rings is 1. The standard InChI is InChI=1S/C24H38N2/c1-3-5-7-8-13-16-23(20-22-14-11-9-12-15-22)24(17-10-6-4-2)26-19-18-25-21-26/h9,11-12,14-15,18-19,21,23-24H,3-8,10,13,16-17,20H2,1-2H3. The van der Waals surface area contributed by atoms with Gasteiger partial charge in [-0.15, -0.1) is 0 Å². The first-order valence-corrected chi connectivity index (χ1v) is 10.9. The van der Waals surface area contributed by atoms with Gasteiger partial charge in [-0.05, 0) is 30.7 Å². The Morgan fingerprint density at radius 1 is 0.846 bits per heavy atom. The highest BCUT2D eigenvalue weighted by Crippen LogP contribution is 2.32. The summed E-state index contributed by atoms with van der Waals surface area (Å²) in [7, 11) is 0. The normalized spacial score (nSPS) is 13.6. The summed E-state index contributed by atoms with van der Waals surface area (Å²) in [4.78, 5) is 4.34. The van der Waals surface area contributed by atoms with Crippen molar-refractivity contribution in [3.8, 4) is 0 Å². The fourth-order valence-electron chi connectivity index (χ4n) is 4.05. The van der Waals surface area contributed by atoms with Gasteiger partial charge in [0.2, 0.25) is 0 Å². The average molecular weight is 355 g/mol. The average Bonchev–Trinajstić information content (AvgIpc) is 3.20. The highest BCUT2D eigenvalue weighted by Gasteiger charge is 2.22. The van der Waals surface area contributed by atoms with Gasteiger partial charge in [-0.3, -0.25) is 0 Å². The minimum Gasteiger partial charge on any atom is -0.334 e. The lowest BCUT2D eigenvalue weighted by Crippen LogP contribution is -2.21. The molecule has 26 heavy (non-hydrogen) atoms. The molecule has 144 valence electrons. The van der Waals surface area contributed by atoms with Gasteiger partial charge in [0, 0.05) is 18.4 Å². The van der Waals surface area contributed by atoms with E-state index in [-0.39, 0.29) is 0 Å². The van der Waals surface area contributed by atoms with Gasteiger partial charge < -0.3 is 4.57 Å². The summed E-state index contributed by atoms with van der Waals surface area (Å²) in [6, 6.07) is 11.6. The summed E-state index contributed by atoms with van der Waals surface area (Å²) in [5.74, 6) is 0.699. The van der Waals surface area contributed by atoms with Crippen LogP contribution in [0.2, 0.25) is 0 Å². The van der Waals surface area contributed by atoms with Crippen LogP contribution < -0.4 is 0 Å². The Bertz CT molecular complexity index is 547. The lowest BCUT2D eigenvalue weighted by Gasteiger charge is -2.29. The van der Waals surface area contributed by atoms with Crippen LogP contribution in [-0.2, 0) is 6.42 Å². The molecule has 2 unspecified atom stereocenters. The Hall–Kier alpha value is -1.57. The van der Waals surface area contributed by atoms with Crippen molar-refractivity contribution in [3.05, 3.63) is 54.6 Å². The van der Waals surface area contributed by atoms with E-state index in [0.717, 1.165) is 0 Å². The number of nitrogens with zero attached hydrogens (tertiary/aromatic N) is 2. The van der Waals surface area contributed by atoms with Gasteiger partial charge in [0.05, 0.1) is 6.33 Å². The number of hydrogen-bond acceptors (Lipinski definition) is 1. The van der Waals surface area contributed by atoms with Crippen molar-refractivity contribution < 1.29 is 0 Å². The summed E-state index contributed by atoms with van der Waals surface area (Å²) in [6.07, 6.45) is 20.7. The van der Waals surface area contributed by atoms with E-state index >= 15 is 0 Å². The molecule has 2 aromatic rings. The van der Waals surface area contributed by atoms with Crippen LogP contribution in [0.15, 0.2) is 49.1 Å². The third-order valence-electron chi connectivity index (χ3n) is 5.57. The summed E-state index contributed by atoms with van der Waals surface area (Å²) in [5.41, 5.74) is 1.48. The van der Waals surface area contributed by atoms with Gasteiger partial charge >= 0.3 is 0 Å². The molecule has 0 N–H and O–H groups in total. The zero-order valence-electron chi connectivity index (χ0n) is 16.9. The van der Waals surface area contributed by atoms with E-state index in [1.54, 1.807) is 0 Å². The molecule has 0 amide bonds. The van der Waals surface area contributed by atoms with E-state index in [9.17, 15) is 0 Å². The van der Waals surface area contributed by atoms with Gasteiger partial charge in [0.25, 0.3) is 0 Å². The molecule has 2 nitrogen and oxygen atoms in total. The van der Waals surface area contributed by atoms with Crippen LogP contribution >= 0.6 is 0 Å². The Morgan fingerprint density at radius 3 is 2.23 bits per heavy atom. The fraction of sp³-hybridized carbons (Fsp3) is 0.625. The maximum absolute atomic E-state index is 4.34.